The van der Waals surface area contributed by atoms with Crippen molar-refractivity contribution in [2.24, 2.45) is 5.92 Å². The van der Waals surface area contributed by atoms with Crippen molar-refractivity contribution in [3.8, 4) is 0 Å². The number of thiazole rings is 1. The number of aromatic nitrogens is 1. The van der Waals surface area contributed by atoms with Crippen LogP contribution >= 0.6 is 11.3 Å². The second-order valence-corrected chi connectivity index (χ2v) is 5.80. The summed E-state index contributed by atoms with van der Waals surface area (Å²) in [6.07, 6.45) is 0.468. The van der Waals surface area contributed by atoms with E-state index in [1.165, 1.54) is 11.3 Å². The number of fused-ring (bicyclic) bond motifs is 1. The first-order chi connectivity index (χ1) is 9.99. The number of aryl methyl sites for hydroxylation is 1. The van der Waals surface area contributed by atoms with Crippen LogP contribution in [0.3, 0.4) is 0 Å². The molecule has 1 aromatic carbocycles. The fourth-order valence-corrected chi connectivity index (χ4v) is 2.81. The number of rotatable bonds is 5. The summed E-state index contributed by atoms with van der Waals surface area (Å²) in [6, 6.07) is 5.44. The lowest BCUT2D eigenvalue weighted by atomic mass is 10.1. The van der Waals surface area contributed by atoms with Crippen molar-refractivity contribution >= 4 is 38.7 Å². The van der Waals surface area contributed by atoms with Gasteiger partial charge in [0.25, 0.3) is 0 Å². The summed E-state index contributed by atoms with van der Waals surface area (Å²) >= 11 is 1.39. The number of anilines is 1. The predicted molar refractivity (Wildman–Crippen MR) is 82.8 cm³/mol. The van der Waals surface area contributed by atoms with Gasteiger partial charge in [0.2, 0.25) is 0 Å². The van der Waals surface area contributed by atoms with Crippen LogP contribution in [-0.4, -0.2) is 28.6 Å². The van der Waals surface area contributed by atoms with Gasteiger partial charge in [-0.2, -0.15) is 0 Å². The predicted octanol–water partition coefficient (Wildman–Crippen LogP) is 2.84. The number of amides is 2. The van der Waals surface area contributed by atoms with Gasteiger partial charge >= 0.3 is 12.0 Å². The van der Waals surface area contributed by atoms with Gasteiger partial charge in [-0.15, -0.1) is 0 Å². The van der Waals surface area contributed by atoms with Gasteiger partial charge in [-0.05, 0) is 31.0 Å². The minimum absolute atomic E-state index is 0.0989. The molecule has 0 saturated heterocycles. The Balaban J connectivity index is 1.96. The Morgan fingerprint density at radius 2 is 2.19 bits per heavy atom. The number of nitrogens with zero attached hydrogens (tertiary/aromatic N) is 1. The maximum absolute atomic E-state index is 11.8. The lowest BCUT2D eigenvalue weighted by molar-refractivity contribution is -0.141. The third-order valence-corrected chi connectivity index (χ3v) is 4.05. The molecule has 1 aromatic heterocycles. The summed E-state index contributed by atoms with van der Waals surface area (Å²) in [6.45, 7) is 3.87. The second kappa shape index (κ2) is 6.53. The Bertz CT molecular complexity index is 669. The van der Waals surface area contributed by atoms with E-state index in [9.17, 15) is 9.59 Å². The monoisotopic (exact) mass is 307 g/mol. The SMILES string of the molecule is CCC(CNC(=O)Nc1nc2ccc(C)cc2s1)C(=O)O. The highest BCUT2D eigenvalue weighted by atomic mass is 32.1. The number of nitrogens with one attached hydrogen (secondary N) is 2. The first kappa shape index (κ1) is 15.2. The van der Waals surface area contributed by atoms with E-state index >= 15 is 0 Å². The molecule has 0 fully saturated rings. The number of aliphatic carboxylic acids is 1. The molecule has 3 N–H and O–H groups in total. The molecule has 6 nitrogen and oxygen atoms in total. The Morgan fingerprint density at radius 1 is 1.43 bits per heavy atom. The van der Waals surface area contributed by atoms with Crippen LogP contribution in [0.4, 0.5) is 9.93 Å². The van der Waals surface area contributed by atoms with Crippen LogP contribution in [0.25, 0.3) is 10.2 Å². The topological polar surface area (TPSA) is 91.3 Å². The number of urea groups is 1. The van der Waals surface area contributed by atoms with Gasteiger partial charge in [0.15, 0.2) is 5.13 Å². The third kappa shape index (κ3) is 3.91. The maximum Gasteiger partial charge on any atom is 0.321 e. The number of carboxylic acid groups (broad SMARTS) is 1. The molecule has 1 atom stereocenters. The minimum atomic E-state index is -0.909. The Kier molecular flexibility index (Phi) is 4.74. The fourth-order valence-electron chi connectivity index (χ4n) is 1.85. The van der Waals surface area contributed by atoms with Crippen LogP contribution in [-0.2, 0) is 4.79 Å². The Hall–Kier alpha value is -2.15. The summed E-state index contributed by atoms with van der Waals surface area (Å²) in [5.41, 5.74) is 1.97. The number of hydrogen-bond donors (Lipinski definition) is 3. The van der Waals surface area contributed by atoms with E-state index in [0.717, 1.165) is 15.8 Å². The van der Waals surface area contributed by atoms with Crippen LogP contribution < -0.4 is 10.6 Å². The zero-order valence-electron chi connectivity index (χ0n) is 11.8. The summed E-state index contributed by atoms with van der Waals surface area (Å²) in [4.78, 5) is 26.9. The van der Waals surface area contributed by atoms with E-state index in [1.807, 2.05) is 25.1 Å². The molecular formula is C14H17N3O3S. The van der Waals surface area contributed by atoms with Crippen LogP contribution in [0.5, 0.6) is 0 Å². The average Bonchev–Trinajstić information content (AvgIpc) is 2.80. The number of carboxylic acids is 1. The van der Waals surface area contributed by atoms with E-state index in [1.54, 1.807) is 6.92 Å². The van der Waals surface area contributed by atoms with Crippen molar-refractivity contribution in [1.82, 2.24) is 10.3 Å². The molecule has 7 heteroatoms. The molecule has 0 radical (unpaired) electrons. The van der Waals surface area contributed by atoms with Crippen molar-refractivity contribution in [1.29, 1.82) is 0 Å². The maximum atomic E-state index is 11.8. The van der Waals surface area contributed by atoms with E-state index in [4.69, 9.17) is 5.11 Å². The normalized spacial score (nSPS) is 12.1. The molecule has 2 amide bonds. The molecule has 2 rings (SSSR count). The number of hydrogen-bond acceptors (Lipinski definition) is 4. The average molecular weight is 307 g/mol. The highest BCUT2D eigenvalue weighted by Crippen LogP contribution is 2.26. The molecule has 0 bridgehead atoms. The molecule has 0 aliphatic carbocycles. The smallest absolute Gasteiger partial charge is 0.321 e. The molecule has 2 aromatic rings. The van der Waals surface area contributed by atoms with Crippen molar-refractivity contribution in [3.63, 3.8) is 0 Å². The third-order valence-electron chi connectivity index (χ3n) is 3.12. The summed E-state index contributed by atoms with van der Waals surface area (Å²) in [5.74, 6) is -1.48. The molecule has 1 unspecified atom stereocenters. The van der Waals surface area contributed by atoms with E-state index in [0.29, 0.717) is 11.6 Å². The van der Waals surface area contributed by atoms with Crippen molar-refractivity contribution in [2.45, 2.75) is 20.3 Å². The van der Waals surface area contributed by atoms with Gasteiger partial charge < -0.3 is 10.4 Å². The van der Waals surface area contributed by atoms with Crippen LogP contribution in [0.1, 0.15) is 18.9 Å². The van der Waals surface area contributed by atoms with E-state index < -0.39 is 17.9 Å². The largest absolute Gasteiger partial charge is 0.481 e. The van der Waals surface area contributed by atoms with E-state index in [2.05, 4.69) is 15.6 Å². The lowest BCUT2D eigenvalue weighted by Gasteiger charge is -2.10. The van der Waals surface area contributed by atoms with Crippen molar-refractivity contribution < 1.29 is 14.7 Å². The fraction of sp³-hybridized carbons (Fsp3) is 0.357. The van der Waals surface area contributed by atoms with Gasteiger partial charge in [0.1, 0.15) is 0 Å². The Labute approximate surface area is 126 Å². The van der Waals surface area contributed by atoms with Crippen LogP contribution in [0.2, 0.25) is 0 Å². The molecule has 112 valence electrons. The lowest BCUT2D eigenvalue weighted by Crippen LogP contribution is -2.35. The zero-order valence-corrected chi connectivity index (χ0v) is 12.7. The molecule has 0 spiro atoms. The first-order valence-electron chi connectivity index (χ1n) is 6.64. The second-order valence-electron chi connectivity index (χ2n) is 4.77. The molecule has 0 saturated carbocycles. The number of carbonyl (C=O) groups excluding carboxylic acids is 1. The van der Waals surface area contributed by atoms with Gasteiger partial charge in [-0.25, -0.2) is 9.78 Å². The van der Waals surface area contributed by atoms with Gasteiger partial charge in [-0.1, -0.05) is 24.3 Å². The van der Waals surface area contributed by atoms with E-state index in [-0.39, 0.29) is 6.54 Å². The highest BCUT2D eigenvalue weighted by molar-refractivity contribution is 7.22. The molecule has 1 heterocycles. The standard InChI is InChI=1S/C14H17N3O3S/c1-3-9(12(18)19)7-15-13(20)17-14-16-10-5-4-8(2)6-11(10)21-14/h4-6,9H,3,7H2,1-2H3,(H,18,19)(H2,15,16,17,20). The van der Waals surface area contributed by atoms with Crippen molar-refractivity contribution in [2.75, 3.05) is 11.9 Å². The first-order valence-corrected chi connectivity index (χ1v) is 7.46. The Morgan fingerprint density at radius 3 is 2.86 bits per heavy atom. The minimum Gasteiger partial charge on any atom is -0.481 e. The zero-order chi connectivity index (χ0) is 15.4. The molecular weight excluding hydrogens is 290 g/mol. The molecule has 0 aliphatic heterocycles. The quantitative estimate of drug-likeness (QED) is 0.792. The highest BCUT2D eigenvalue weighted by Gasteiger charge is 2.16. The van der Waals surface area contributed by atoms with Crippen LogP contribution in [0, 0.1) is 12.8 Å². The van der Waals surface area contributed by atoms with Gasteiger partial charge in [0.05, 0.1) is 16.1 Å². The molecule has 0 aliphatic rings. The summed E-state index contributed by atoms with van der Waals surface area (Å²) in [5, 5.41) is 14.6. The number of benzene rings is 1. The molecule has 21 heavy (non-hydrogen) atoms. The van der Waals surface area contributed by atoms with Gasteiger partial charge in [-0.3, -0.25) is 10.1 Å². The van der Waals surface area contributed by atoms with Crippen molar-refractivity contribution in [3.05, 3.63) is 23.8 Å². The number of carbonyl (C=O) groups is 2. The van der Waals surface area contributed by atoms with Crippen LogP contribution in [0.15, 0.2) is 18.2 Å². The summed E-state index contributed by atoms with van der Waals surface area (Å²) in [7, 11) is 0. The summed E-state index contributed by atoms with van der Waals surface area (Å²) < 4.78 is 1.00. The van der Waals surface area contributed by atoms with Gasteiger partial charge in [0, 0.05) is 6.54 Å².